The van der Waals surface area contributed by atoms with Crippen molar-refractivity contribution in [3.63, 3.8) is 0 Å². The minimum atomic E-state index is -0.285. The Morgan fingerprint density at radius 3 is 2.53 bits per heavy atom. The summed E-state index contributed by atoms with van der Waals surface area (Å²) in [6.45, 7) is 4.05. The van der Waals surface area contributed by atoms with Crippen molar-refractivity contribution in [3.8, 4) is 0 Å². The first-order valence-electron chi connectivity index (χ1n) is 7.47. The largest absolute Gasteiger partial charge is 0.465 e. The predicted molar refractivity (Wildman–Crippen MR) is 75.8 cm³/mol. The predicted octanol–water partition coefficient (Wildman–Crippen LogP) is 5.02. The Balaban J connectivity index is 2.02. The van der Waals surface area contributed by atoms with E-state index in [4.69, 9.17) is 9.15 Å². The SMILES string of the molecule is CCCCCCCCCC(=O)O[C@H](C)c1ccco1. The third-order valence-corrected chi connectivity index (χ3v) is 3.24. The van der Waals surface area contributed by atoms with Gasteiger partial charge in [0.25, 0.3) is 0 Å². The van der Waals surface area contributed by atoms with Crippen molar-refractivity contribution >= 4 is 5.97 Å². The van der Waals surface area contributed by atoms with Crippen molar-refractivity contribution in [2.24, 2.45) is 0 Å². The van der Waals surface area contributed by atoms with Crippen LogP contribution in [0.2, 0.25) is 0 Å². The molecular weight excluding hydrogens is 240 g/mol. The highest BCUT2D eigenvalue weighted by Gasteiger charge is 2.13. The van der Waals surface area contributed by atoms with Gasteiger partial charge in [-0.15, -0.1) is 0 Å². The fraction of sp³-hybridized carbons (Fsp3) is 0.688. The van der Waals surface area contributed by atoms with Crippen LogP contribution in [0.25, 0.3) is 0 Å². The van der Waals surface area contributed by atoms with E-state index in [-0.39, 0.29) is 12.1 Å². The Bertz CT molecular complexity index is 330. The normalized spacial score (nSPS) is 12.3. The molecule has 19 heavy (non-hydrogen) atoms. The van der Waals surface area contributed by atoms with Gasteiger partial charge in [0, 0.05) is 6.42 Å². The Labute approximate surface area is 116 Å². The number of esters is 1. The zero-order valence-electron chi connectivity index (χ0n) is 12.2. The zero-order valence-corrected chi connectivity index (χ0v) is 12.2. The second-order valence-electron chi connectivity index (χ2n) is 5.02. The topological polar surface area (TPSA) is 39.4 Å². The van der Waals surface area contributed by atoms with Crippen molar-refractivity contribution in [1.82, 2.24) is 0 Å². The molecular formula is C16H26O3. The van der Waals surface area contributed by atoms with Gasteiger partial charge in [0.1, 0.15) is 5.76 Å². The van der Waals surface area contributed by atoms with Crippen LogP contribution in [0.15, 0.2) is 22.8 Å². The second kappa shape index (κ2) is 9.65. The number of unbranched alkanes of at least 4 members (excludes halogenated alkanes) is 6. The van der Waals surface area contributed by atoms with Crippen LogP contribution in [0.3, 0.4) is 0 Å². The van der Waals surface area contributed by atoms with Gasteiger partial charge in [-0.05, 0) is 25.5 Å². The number of ether oxygens (including phenoxy) is 1. The summed E-state index contributed by atoms with van der Waals surface area (Å²) in [5.41, 5.74) is 0. The quantitative estimate of drug-likeness (QED) is 0.440. The Kier molecular flexibility index (Phi) is 8.03. The highest BCUT2D eigenvalue weighted by atomic mass is 16.5. The van der Waals surface area contributed by atoms with E-state index in [0.29, 0.717) is 12.2 Å². The molecule has 0 saturated carbocycles. The Hall–Kier alpha value is -1.25. The smallest absolute Gasteiger partial charge is 0.306 e. The lowest BCUT2D eigenvalue weighted by Crippen LogP contribution is -2.08. The van der Waals surface area contributed by atoms with Crippen LogP contribution in [-0.4, -0.2) is 5.97 Å². The molecule has 1 rings (SSSR count). The molecule has 3 nitrogen and oxygen atoms in total. The van der Waals surface area contributed by atoms with Gasteiger partial charge in [-0.1, -0.05) is 45.4 Å². The molecule has 0 N–H and O–H groups in total. The van der Waals surface area contributed by atoms with Crippen molar-refractivity contribution < 1.29 is 13.9 Å². The van der Waals surface area contributed by atoms with E-state index in [2.05, 4.69) is 6.92 Å². The van der Waals surface area contributed by atoms with Gasteiger partial charge in [0.2, 0.25) is 0 Å². The molecule has 0 radical (unpaired) electrons. The van der Waals surface area contributed by atoms with E-state index in [1.54, 1.807) is 12.3 Å². The van der Waals surface area contributed by atoms with Gasteiger partial charge in [-0.3, -0.25) is 4.79 Å². The molecule has 1 atom stereocenters. The summed E-state index contributed by atoms with van der Waals surface area (Å²) < 4.78 is 10.5. The molecule has 108 valence electrons. The fourth-order valence-corrected chi connectivity index (χ4v) is 2.06. The monoisotopic (exact) mass is 266 g/mol. The molecule has 1 heterocycles. The molecule has 0 aromatic carbocycles. The van der Waals surface area contributed by atoms with E-state index >= 15 is 0 Å². The minimum Gasteiger partial charge on any atom is -0.465 e. The van der Waals surface area contributed by atoms with Crippen LogP contribution in [0.1, 0.15) is 77.1 Å². The highest BCUT2D eigenvalue weighted by molar-refractivity contribution is 5.69. The van der Waals surface area contributed by atoms with Crippen molar-refractivity contribution in [2.75, 3.05) is 0 Å². The van der Waals surface area contributed by atoms with Crippen LogP contribution in [-0.2, 0) is 9.53 Å². The second-order valence-corrected chi connectivity index (χ2v) is 5.02. The molecule has 0 saturated heterocycles. The molecule has 1 aromatic heterocycles. The summed E-state index contributed by atoms with van der Waals surface area (Å²) in [5, 5.41) is 0. The summed E-state index contributed by atoms with van der Waals surface area (Å²) in [6, 6.07) is 3.63. The number of carbonyl (C=O) groups excluding carboxylic acids is 1. The van der Waals surface area contributed by atoms with Gasteiger partial charge in [0.15, 0.2) is 6.10 Å². The van der Waals surface area contributed by atoms with E-state index < -0.39 is 0 Å². The van der Waals surface area contributed by atoms with Crippen LogP contribution >= 0.6 is 0 Å². The number of hydrogen-bond donors (Lipinski definition) is 0. The molecule has 0 fully saturated rings. The molecule has 1 aromatic rings. The first kappa shape index (κ1) is 15.8. The Morgan fingerprint density at radius 2 is 1.89 bits per heavy atom. The molecule has 0 aliphatic rings. The molecule has 0 unspecified atom stereocenters. The van der Waals surface area contributed by atoms with Crippen molar-refractivity contribution in [1.29, 1.82) is 0 Å². The molecule has 0 bridgehead atoms. The van der Waals surface area contributed by atoms with Crippen LogP contribution in [0.4, 0.5) is 0 Å². The lowest BCUT2D eigenvalue weighted by molar-refractivity contribution is -0.149. The van der Waals surface area contributed by atoms with Crippen LogP contribution in [0.5, 0.6) is 0 Å². The van der Waals surface area contributed by atoms with Gasteiger partial charge < -0.3 is 9.15 Å². The van der Waals surface area contributed by atoms with Gasteiger partial charge in [0.05, 0.1) is 6.26 Å². The van der Waals surface area contributed by atoms with Gasteiger partial charge >= 0.3 is 5.97 Å². The molecule has 0 aliphatic carbocycles. The number of carbonyl (C=O) groups is 1. The van der Waals surface area contributed by atoms with Crippen LogP contribution < -0.4 is 0 Å². The summed E-state index contributed by atoms with van der Waals surface area (Å²) in [6.07, 6.45) is 10.3. The first-order valence-corrected chi connectivity index (χ1v) is 7.47. The minimum absolute atomic E-state index is 0.127. The van der Waals surface area contributed by atoms with E-state index in [0.717, 1.165) is 12.8 Å². The van der Waals surface area contributed by atoms with E-state index in [9.17, 15) is 4.79 Å². The third-order valence-electron chi connectivity index (χ3n) is 3.24. The number of rotatable bonds is 10. The average molecular weight is 266 g/mol. The van der Waals surface area contributed by atoms with E-state index in [1.165, 1.54) is 32.1 Å². The number of furan rings is 1. The lowest BCUT2D eigenvalue weighted by atomic mass is 10.1. The average Bonchev–Trinajstić information content (AvgIpc) is 2.91. The molecule has 0 amide bonds. The van der Waals surface area contributed by atoms with Crippen LogP contribution in [0, 0.1) is 0 Å². The molecule has 3 heteroatoms. The summed E-state index contributed by atoms with van der Waals surface area (Å²) in [7, 11) is 0. The third kappa shape index (κ3) is 7.04. The zero-order chi connectivity index (χ0) is 13.9. The standard InChI is InChI=1S/C16H26O3/c1-3-4-5-6-7-8-9-12-16(17)19-14(2)15-11-10-13-18-15/h10-11,13-14H,3-9,12H2,1-2H3/t14-/m1/s1. The maximum atomic E-state index is 11.6. The molecule has 0 aliphatic heterocycles. The molecule has 0 spiro atoms. The first-order chi connectivity index (χ1) is 9.24. The van der Waals surface area contributed by atoms with Gasteiger partial charge in [-0.2, -0.15) is 0 Å². The lowest BCUT2D eigenvalue weighted by Gasteiger charge is -2.10. The van der Waals surface area contributed by atoms with Gasteiger partial charge in [-0.25, -0.2) is 0 Å². The Morgan fingerprint density at radius 1 is 1.21 bits per heavy atom. The maximum absolute atomic E-state index is 11.6. The maximum Gasteiger partial charge on any atom is 0.306 e. The van der Waals surface area contributed by atoms with Crippen molar-refractivity contribution in [3.05, 3.63) is 24.2 Å². The fourth-order valence-electron chi connectivity index (χ4n) is 2.06. The summed E-state index contributed by atoms with van der Waals surface area (Å²) in [5.74, 6) is 0.574. The number of hydrogen-bond acceptors (Lipinski definition) is 3. The summed E-state index contributed by atoms with van der Waals surface area (Å²) in [4.78, 5) is 11.6. The van der Waals surface area contributed by atoms with E-state index in [1.807, 2.05) is 13.0 Å². The highest BCUT2D eigenvalue weighted by Crippen LogP contribution is 2.18. The van der Waals surface area contributed by atoms with Crippen molar-refractivity contribution in [2.45, 2.75) is 71.3 Å². The summed E-state index contributed by atoms with van der Waals surface area (Å²) >= 11 is 0.